The Kier molecular flexibility index (Phi) is 16.6. The van der Waals surface area contributed by atoms with Gasteiger partial charge in [-0.2, -0.15) is 0 Å². The topological polar surface area (TPSA) is 52.1 Å². The summed E-state index contributed by atoms with van der Waals surface area (Å²) in [5.74, 6) is 1.54. The summed E-state index contributed by atoms with van der Waals surface area (Å²) in [5, 5.41) is 7.02. The lowest BCUT2D eigenvalue weighted by Crippen LogP contribution is -2.48. The molecule has 7 heteroatoms. The van der Waals surface area contributed by atoms with Crippen LogP contribution in [0.1, 0.15) is 54.4 Å². The molecule has 1 saturated heterocycles. The van der Waals surface area contributed by atoms with E-state index in [1.54, 1.807) is 0 Å². The molecule has 1 fully saturated rings. The van der Waals surface area contributed by atoms with Gasteiger partial charge in [0.25, 0.3) is 0 Å². The molecule has 2 unspecified atom stereocenters. The third kappa shape index (κ3) is 11.2. The van der Waals surface area contributed by atoms with Gasteiger partial charge in [-0.15, -0.1) is 24.0 Å². The zero-order chi connectivity index (χ0) is 20.1. The molecule has 0 radical (unpaired) electrons. The van der Waals surface area contributed by atoms with Crippen LogP contribution in [0.25, 0.3) is 0 Å². The summed E-state index contributed by atoms with van der Waals surface area (Å²) in [4.78, 5) is 9.95. The van der Waals surface area contributed by atoms with E-state index in [1.807, 2.05) is 0 Å². The molecule has 0 aromatic heterocycles. The fraction of sp³-hybridized carbons (Fsp3) is 0.952. The van der Waals surface area contributed by atoms with E-state index in [0.717, 1.165) is 64.9 Å². The molecule has 0 amide bonds. The lowest BCUT2D eigenvalue weighted by molar-refractivity contribution is 0.00867. The third-order valence-electron chi connectivity index (χ3n) is 5.45. The van der Waals surface area contributed by atoms with Crippen LogP contribution < -0.4 is 10.6 Å². The average molecular weight is 512 g/mol. The Morgan fingerprint density at radius 2 is 1.75 bits per heavy atom. The van der Waals surface area contributed by atoms with Crippen LogP contribution in [-0.4, -0.2) is 86.9 Å². The van der Waals surface area contributed by atoms with Crippen molar-refractivity contribution in [3.8, 4) is 0 Å². The number of guanidine groups is 1. The van der Waals surface area contributed by atoms with Crippen LogP contribution in [0.15, 0.2) is 4.99 Å². The fourth-order valence-electron chi connectivity index (χ4n) is 3.63. The zero-order valence-corrected chi connectivity index (χ0v) is 21.5. The van der Waals surface area contributed by atoms with Crippen molar-refractivity contribution in [2.45, 2.75) is 66.5 Å². The van der Waals surface area contributed by atoms with Gasteiger partial charge in [0.1, 0.15) is 0 Å². The largest absolute Gasteiger partial charge is 0.379 e. The molecular weight excluding hydrogens is 465 g/mol. The maximum absolute atomic E-state index is 5.51. The van der Waals surface area contributed by atoms with Gasteiger partial charge in [0.05, 0.1) is 19.8 Å². The molecule has 0 saturated carbocycles. The lowest BCUT2D eigenvalue weighted by atomic mass is 10.0. The SMILES string of the molecule is CCNC(=NCC(C(C)C)N1CCOCC1)NC(C)CCCN(CC)CC.I. The van der Waals surface area contributed by atoms with E-state index in [9.17, 15) is 0 Å². The molecule has 6 nitrogen and oxygen atoms in total. The molecule has 1 aliphatic heterocycles. The Labute approximate surface area is 191 Å². The molecule has 0 aromatic rings. The fourth-order valence-corrected chi connectivity index (χ4v) is 3.63. The first-order chi connectivity index (χ1) is 13.0. The predicted molar refractivity (Wildman–Crippen MR) is 132 cm³/mol. The van der Waals surface area contributed by atoms with Gasteiger partial charge < -0.3 is 20.3 Å². The van der Waals surface area contributed by atoms with Crippen molar-refractivity contribution in [3.05, 3.63) is 0 Å². The quantitative estimate of drug-likeness (QED) is 0.240. The average Bonchev–Trinajstić information content (AvgIpc) is 2.66. The lowest BCUT2D eigenvalue weighted by Gasteiger charge is -2.36. The van der Waals surface area contributed by atoms with Crippen molar-refractivity contribution < 1.29 is 4.74 Å². The van der Waals surface area contributed by atoms with Crippen LogP contribution in [0.2, 0.25) is 0 Å². The van der Waals surface area contributed by atoms with E-state index in [4.69, 9.17) is 9.73 Å². The molecular formula is C21H46IN5O. The first-order valence-corrected chi connectivity index (χ1v) is 11.1. The van der Waals surface area contributed by atoms with Crippen molar-refractivity contribution >= 4 is 29.9 Å². The number of aliphatic imine (C=N–C) groups is 1. The van der Waals surface area contributed by atoms with Gasteiger partial charge in [-0.1, -0.05) is 27.7 Å². The van der Waals surface area contributed by atoms with Crippen molar-refractivity contribution in [2.75, 3.05) is 59.0 Å². The molecule has 0 aromatic carbocycles. The minimum atomic E-state index is 0. The highest BCUT2D eigenvalue weighted by Gasteiger charge is 2.23. The van der Waals surface area contributed by atoms with Crippen LogP contribution in [-0.2, 0) is 4.74 Å². The number of hydrogen-bond donors (Lipinski definition) is 2. The maximum Gasteiger partial charge on any atom is 0.191 e. The molecule has 0 bridgehead atoms. The van der Waals surface area contributed by atoms with E-state index >= 15 is 0 Å². The maximum atomic E-state index is 5.51. The Hall–Kier alpha value is -0.120. The number of hydrogen-bond acceptors (Lipinski definition) is 4. The molecule has 168 valence electrons. The van der Waals surface area contributed by atoms with Crippen LogP contribution >= 0.6 is 24.0 Å². The summed E-state index contributed by atoms with van der Waals surface area (Å²) in [6, 6.07) is 0.904. The van der Waals surface area contributed by atoms with Gasteiger partial charge in [0.2, 0.25) is 0 Å². The van der Waals surface area contributed by atoms with Gasteiger partial charge in [0, 0.05) is 31.7 Å². The standard InChI is InChI=1S/C21H45N5O.HI/c1-7-22-21(24-19(6)11-10-12-25(8-2)9-3)23-17-20(18(4)5)26-13-15-27-16-14-26;/h18-20H,7-17H2,1-6H3,(H2,22,23,24);1H. The normalized spacial score (nSPS) is 18.1. The molecule has 1 aliphatic rings. The zero-order valence-electron chi connectivity index (χ0n) is 19.2. The molecule has 0 aliphatic carbocycles. The Bertz CT molecular complexity index is 398. The van der Waals surface area contributed by atoms with E-state index in [-0.39, 0.29) is 24.0 Å². The highest BCUT2D eigenvalue weighted by molar-refractivity contribution is 14.0. The molecule has 0 spiro atoms. The minimum Gasteiger partial charge on any atom is -0.379 e. The van der Waals surface area contributed by atoms with Crippen molar-refractivity contribution in [1.29, 1.82) is 0 Å². The Morgan fingerprint density at radius 3 is 2.29 bits per heavy atom. The smallest absolute Gasteiger partial charge is 0.191 e. The van der Waals surface area contributed by atoms with Gasteiger partial charge in [-0.25, -0.2) is 0 Å². The van der Waals surface area contributed by atoms with Crippen molar-refractivity contribution in [2.24, 2.45) is 10.9 Å². The Morgan fingerprint density at radius 1 is 1.11 bits per heavy atom. The van der Waals surface area contributed by atoms with Gasteiger partial charge >= 0.3 is 0 Å². The number of ether oxygens (including phenoxy) is 1. The van der Waals surface area contributed by atoms with Crippen LogP contribution in [0, 0.1) is 5.92 Å². The summed E-state index contributed by atoms with van der Waals surface area (Å²) < 4.78 is 5.51. The van der Waals surface area contributed by atoms with E-state index in [0.29, 0.717) is 18.0 Å². The van der Waals surface area contributed by atoms with Gasteiger partial charge in [-0.05, 0) is 52.2 Å². The summed E-state index contributed by atoms with van der Waals surface area (Å²) in [6.45, 7) is 22.4. The summed E-state index contributed by atoms with van der Waals surface area (Å²) in [5.41, 5.74) is 0. The second kappa shape index (κ2) is 16.7. The number of halogens is 1. The first kappa shape index (κ1) is 27.9. The summed E-state index contributed by atoms with van der Waals surface area (Å²) in [7, 11) is 0. The summed E-state index contributed by atoms with van der Waals surface area (Å²) >= 11 is 0. The molecule has 28 heavy (non-hydrogen) atoms. The van der Waals surface area contributed by atoms with E-state index in [1.165, 1.54) is 13.0 Å². The molecule has 2 atom stereocenters. The van der Waals surface area contributed by atoms with Crippen LogP contribution in [0.3, 0.4) is 0 Å². The van der Waals surface area contributed by atoms with Gasteiger partial charge in [0.15, 0.2) is 5.96 Å². The number of nitrogens with one attached hydrogen (secondary N) is 2. The van der Waals surface area contributed by atoms with Crippen molar-refractivity contribution in [1.82, 2.24) is 20.4 Å². The predicted octanol–water partition coefficient (Wildman–Crippen LogP) is 3.03. The van der Waals surface area contributed by atoms with Crippen LogP contribution in [0.5, 0.6) is 0 Å². The third-order valence-corrected chi connectivity index (χ3v) is 5.45. The molecule has 1 rings (SSSR count). The highest BCUT2D eigenvalue weighted by atomic mass is 127. The number of nitrogens with zero attached hydrogens (tertiary/aromatic N) is 3. The molecule has 1 heterocycles. The first-order valence-electron chi connectivity index (χ1n) is 11.1. The van der Waals surface area contributed by atoms with E-state index in [2.05, 4.69) is 62.0 Å². The monoisotopic (exact) mass is 511 g/mol. The van der Waals surface area contributed by atoms with E-state index < -0.39 is 0 Å². The second-order valence-corrected chi connectivity index (χ2v) is 7.89. The van der Waals surface area contributed by atoms with Crippen molar-refractivity contribution in [3.63, 3.8) is 0 Å². The molecule has 2 N–H and O–H groups in total. The van der Waals surface area contributed by atoms with Crippen LogP contribution in [0.4, 0.5) is 0 Å². The number of rotatable bonds is 12. The van der Waals surface area contributed by atoms with Gasteiger partial charge in [-0.3, -0.25) is 9.89 Å². The minimum absolute atomic E-state index is 0. The Balaban J connectivity index is 0.00000729. The second-order valence-electron chi connectivity index (χ2n) is 7.89. The highest BCUT2D eigenvalue weighted by Crippen LogP contribution is 2.13. The summed E-state index contributed by atoms with van der Waals surface area (Å²) in [6.07, 6.45) is 2.38. The number of morpholine rings is 1.